The lowest BCUT2D eigenvalue weighted by molar-refractivity contribution is -0.274. The van der Waals surface area contributed by atoms with Crippen LogP contribution in [0, 0.1) is 17.5 Å². The van der Waals surface area contributed by atoms with Crippen LogP contribution in [0.25, 0.3) is 0 Å². The Kier molecular flexibility index (Phi) is 10.5. The van der Waals surface area contributed by atoms with Crippen LogP contribution in [-0.4, -0.2) is 31.0 Å². The number of carbonyl (C=O) groups excluding carboxylic acids is 3. The fraction of sp³-hybridized carbons (Fsp3) is 0.276. The van der Waals surface area contributed by atoms with Crippen molar-refractivity contribution in [2.24, 2.45) is 0 Å². The maximum absolute atomic E-state index is 14.4. The zero-order valence-corrected chi connectivity index (χ0v) is 21.7. The van der Waals surface area contributed by atoms with Crippen LogP contribution in [0.15, 0.2) is 60.7 Å². The molecule has 0 aromatic heterocycles. The smallest absolute Gasteiger partial charge is 0.406 e. The number of rotatable bonds is 12. The number of anilines is 1. The Labute approximate surface area is 231 Å². The summed E-state index contributed by atoms with van der Waals surface area (Å²) in [6.45, 7) is 1.98. The van der Waals surface area contributed by atoms with E-state index in [1.54, 1.807) is 12.1 Å². The van der Waals surface area contributed by atoms with Crippen LogP contribution in [0.4, 0.5) is 32.0 Å². The number of halogens is 6. The molecular weight excluding hydrogens is 554 g/mol. The monoisotopic (exact) mass is 580 g/mol. The van der Waals surface area contributed by atoms with Crippen molar-refractivity contribution in [1.82, 2.24) is 5.32 Å². The summed E-state index contributed by atoms with van der Waals surface area (Å²) < 4.78 is 84.1. The van der Waals surface area contributed by atoms with Gasteiger partial charge in [-0.2, -0.15) is 0 Å². The van der Waals surface area contributed by atoms with Crippen molar-refractivity contribution in [3.63, 3.8) is 0 Å². The lowest BCUT2D eigenvalue weighted by Crippen LogP contribution is -2.28. The average molecular weight is 581 g/mol. The quantitative estimate of drug-likeness (QED) is 0.143. The number of hydrogen-bond donors (Lipinski definition) is 2. The van der Waals surface area contributed by atoms with Crippen molar-refractivity contribution in [2.45, 2.75) is 44.4 Å². The van der Waals surface area contributed by atoms with Gasteiger partial charge in [-0.3, -0.25) is 9.59 Å². The molecule has 41 heavy (non-hydrogen) atoms. The molecule has 0 saturated carbocycles. The predicted molar refractivity (Wildman–Crippen MR) is 138 cm³/mol. The minimum Gasteiger partial charge on any atom is -0.406 e. The number of alkyl halides is 3. The first-order chi connectivity index (χ1) is 19.4. The van der Waals surface area contributed by atoms with Crippen LogP contribution in [0.5, 0.6) is 5.75 Å². The second-order valence-electron chi connectivity index (χ2n) is 9.06. The Hall–Kier alpha value is -4.35. The van der Waals surface area contributed by atoms with Gasteiger partial charge in [-0.05, 0) is 47.7 Å². The molecule has 0 bridgehead atoms. The highest BCUT2D eigenvalue weighted by Crippen LogP contribution is 2.39. The van der Waals surface area contributed by atoms with E-state index in [9.17, 15) is 40.7 Å². The van der Waals surface area contributed by atoms with Crippen LogP contribution in [-0.2, 0) is 9.59 Å². The summed E-state index contributed by atoms with van der Waals surface area (Å²) in [5.74, 6) is -7.57. The molecule has 0 heterocycles. The molecule has 0 aliphatic carbocycles. The number of benzene rings is 3. The van der Waals surface area contributed by atoms with E-state index in [4.69, 9.17) is 0 Å². The molecule has 0 spiro atoms. The number of aldehydes is 1. The van der Waals surface area contributed by atoms with Crippen molar-refractivity contribution in [3.05, 3.63) is 94.8 Å². The third kappa shape index (κ3) is 8.57. The van der Waals surface area contributed by atoms with Gasteiger partial charge < -0.3 is 20.2 Å². The van der Waals surface area contributed by atoms with Crippen molar-refractivity contribution in [2.75, 3.05) is 11.9 Å². The Morgan fingerprint density at radius 2 is 1.51 bits per heavy atom. The van der Waals surface area contributed by atoms with Crippen LogP contribution >= 0.6 is 0 Å². The van der Waals surface area contributed by atoms with Gasteiger partial charge >= 0.3 is 6.36 Å². The van der Waals surface area contributed by atoms with E-state index >= 15 is 0 Å². The van der Waals surface area contributed by atoms with Crippen molar-refractivity contribution < 1.29 is 45.5 Å². The Morgan fingerprint density at radius 3 is 2.05 bits per heavy atom. The molecule has 12 heteroatoms. The summed E-state index contributed by atoms with van der Waals surface area (Å²) in [4.78, 5) is 36.4. The summed E-state index contributed by atoms with van der Waals surface area (Å²) in [6, 6.07) is 11.5. The van der Waals surface area contributed by atoms with Crippen LogP contribution in [0.3, 0.4) is 0 Å². The fourth-order valence-electron chi connectivity index (χ4n) is 4.37. The topological polar surface area (TPSA) is 84.5 Å². The Balaban J connectivity index is 2.01. The molecule has 218 valence electrons. The number of amides is 2. The van der Waals surface area contributed by atoms with E-state index in [-0.39, 0.29) is 24.1 Å². The molecule has 0 aliphatic rings. The Morgan fingerprint density at radius 1 is 0.927 bits per heavy atom. The molecule has 0 fully saturated rings. The van der Waals surface area contributed by atoms with E-state index < -0.39 is 58.9 Å². The van der Waals surface area contributed by atoms with E-state index in [1.165, 1.54) is 24.3 Å². The van der Waals surface area contributed by atoms with E-state index in [0.717, 1.165) is 12.1 Å². The first kappa shape index (κ1) is 31.2. The molecule has 3 rings (SSSR count). The van der Waals surface area contributed by atoms with Gasteiger partial charge in [0, 0.05) is 30.7 Å². The maximum Gasteiger partial charge on any atom is 0.573 e. The third-order valence-electron chi connectivity index (χ3n) is 6.16. The van der Waals surface area contributed by atoms with Crippen molar-refractivity contribution in [1.29, 1.82) is 0 Å². The molecule has 2 N–H and O–H groups in total. The average Bonchev–Trinajstić information content (AvgIpc) is 2.90. The number of nitrogens with one attached hydrogen (secondary N) is 2. The van der Waals surface area contributed by atoms with E-state index in [0.29, 0.717) is 36.8 Å². The predicted octanol–water partition coefficient (Wildman–Crippen LogP) is 6.63. The van der Waals surface area contributed by atoms with Gasteiger partial charge in [0.2, 0.25) is 5.91 Å². The molecule has 0 aliphatic heterocycles. The second kappa shape index (κ2) is 13.8. The largest absolute Gasteiger partial charge is 0.573 e. The standard InChI is InChI=1S/C29H26F6N2O4/c1-2-4-22(17-5-7-19(8-6-17)27(39)36-13-3-14-38)25(18-9-11-21(12-10-18)41-29(33,34)35)28(40)37-26-23(31)15-20(30)16-24(26)32/h5-12,14-16,22,25H,2-4,13H2,1H3,(H,36,39)(H,37,40). The summed E-state index contributed by atoms with van der Waals surface area (Å²) in [6.07, 6.45) is -3.24. The molecule has 6 nitrogen and oxygen atoms in total. The minimum atomic E-state index is -4.94. The van der Waals surface area contributed by atoms with Crippen LogP contribution in [0.2, 0.25) is 0 Å². The third-order valence-corrected chi connectivity index (χ3v) is 6.16. The molecule has 2 unspecified atom stereocenters. The molecule has 0 saturated heterocycles. The summed E-state index contributed by atoms with van der Waals surface area (Å²) in [5.41, 5.74) is 0.178. The van der Waals surface area contributed by atoms with Gasteiger partial charge in [-0.1, -0.05) is 37.6 Å². The molecule has 2 amide bonds. The molecule has 3 aromatic rings. The van der Waals surface area contributed by atoms with Gasteiger partial charge in [0.1, 0.15) is 23.5 Å². The van der Waals surface area contributed by atoms with Crippen LogP contribution in [0.1, 0.15) is 59.5 Å². The van der Waals surface area contributed by atoms with E-state index in [2.05, 4.69) is 15.4 Å². The number of hydrogen-bond acceptors (Lipinski definition) is 4. The van der Waals surface area contributed by atoms with Gasteiger partial charge in [0.25, 0.3) is 5.91 Å². The minimum absolute atomic E-state index is 0.140. The van der Waals surface area contributed by atoms with E-state index in [1.807, 2.05) is 6.92 Å². The molecular formula is C29H26F6N2O4. The lowest BCUT2D eigenvalue weighted by Gasteiger charge is -2.28. The first-order valence-electron chi connectivity index (χ1n) is 12.6. The molecule has 2 atom stereocenters. The number of carbonyl (C=O) groups is 3. The summed E-state index contributed by atoms with van der Waals surface area (Å²) >= 11 is 0. The normalized spacial score (nSPS) is 12.8. The highest BCUT2D eigenvalue weighted by molar-refractivity contribution is 5.97. The summed E-state index contributed by atoms with van der Waals surface area (Å²) in [5, 5.41) is 4.74. The maximum atomic E-state index is 14.4. The Bertz CT molecular complexity index is 1340. The molecule has 0 radical (unpaired) electrons. The van der Waals surface area contributed by atoms with Gasteiger partial charge in [-0.25, -0.2) is 13.2 Å². The highest BCUT2D eigenvalue weighted by atomic mass is 19.4. The molecule has 3 aromatic carbocycles. The number of ether oxygens (including phenoxy) is 1. The van der Waals surface area contributed by atoms with Gasteiger partial charge in [0.15, 0.2) is 11.6 Å². The zero-order valence-electron chi connectivity index (χ0n) is 21.7. The van der Waals surface area contributed by atoms with Crippen molar-refractivity contribution >= 4 is 23.8 Å². The lowest BCUT2D eigenvalue weighted by atomic mass is 9.78. The second-order valence-corrected chi connectivity index (χ2v) is 9.06. The SMILES string of the molecule is CCCC(c1ccc(C(=O)NCCC=O)cc1)C(C(=O)Nc1c(F)cc(F)cc1F)c1ccc(OC(F)(F)F)cc1. The first-order valence-corrected chi connectivity index (χ1v) is 12.6. The highest BCUT2D eigenvalue weighted by Gasteiger charge is 2.34. The van der Waals surface area contributed by atoms with Gasteiger partial charge in [-0.15, -0.1) is 13.2 Å². The summed E-state index contributed by atoms with van der Waals surface area (Å²) in [7, 11) is 0. The zero-order chi connectivity index (χ0) is 30.2. The van der Waals surface area contributed by atoms with Crippen molar-refractivity contribution in [3.8, 4) is 5.75 Å². The fourth-order valence-corrected chi connectivity index (χ4v) is 4.37. The van der Waals surface area contributed by atoms with Crippen LogP contribution < -0.4 is 15.4 Å². The van der Waals surface area contributed by atoms with Gasteiger partial charge in [0.05, 0.1) is 5.92 Å².